The van der Waals surface area contributed by atoms with Crippen molar-refractivity contribution in [2.45, 2.75) is 84.0 Å². The summed E-state index contributed by atoms with van der Waals surface area (Å²) in [6, 6.07) is 0. The van der Waals surface area contributed by atoms with Gasteiger partial charge >= 0.3 is 0 Å². The zero-order chi connectivity index (χ0) is 13.5. The van der Waals surface area contributed by atoms with Crippen LogP contribution in [0, 0.1) is 0 Å². The number of hydrogen-bond donors (Lipinski definition) is 2. The van der Waals surface area contributed by atoms with Gasteiger partial charge in [-0.25, -0.2) is 8.93 Å². The predicted molar refractivity (Wildman–Crippen MR) is 79.9 cm³/mol. The first-order valence-corrected chi connectivity index (χ1v) is 8.72. The minimum Gasteiger partial charge on any atom is -0.294 e. The Bertz CT molecular complexity index is 189. The molecule has 3 nitrogen and oxygen atoms in total. The molecule has 0 bridgehead atoms. The van der Waals surface area contributed by atoms with Crippen LogP contribution in [0.3, 0.4) is 0 Å². The zero-order valence-corrected chi connectivity index (χ0v) is 12.8. The summed E-state index contributed by atoms with van der Waals surface area (Å²) < 4.78 is 21.3. The summed E-state index contributed by atoms with van der Waals surface area (Å²) in [7, 11) is 0. The van der Waals surface area contributed by atoms with Crippen LogP contribution in [0.5, 0.6) is 0 Å². The number of unbranched alkanes of at least 4 members (excludes halogenated alkanes) is 11. The Balaban J connectivity index is 2.92. The van der Waals surface area contributed by atoms with Gasteiger partial charge in [-0.2, -0.15) is 0 Å². The summed E-state index contributed by atoms with van der Waals surface area (Å²) in [6.07, 6.45) is 15.8. The van der Waals surface area contributed by atoms with E-state index in [0.717, 1.165) is 6.42 Å². The smallest absolute Gasteiger partial charge is 0.231 e. The lowest BCUT2D eigenvalue weighted by Crippen LogP contribution is -2.17. The molecule has 0 saturated heterocycles. The van der Waals surface area contributed by atoms with Crippen LogP contribution >= 0.6 is 0 Å². The maximum Gasteiger partial charge on any atom is 0.231 e. The minimum atomic E-state index is -1.83. The van der Waals surface area contributed by atoms with Gasteiger partial charge in [-0.05, 0) is 6.42 Å². The third-order valence-corrected chi connectivity index (χ3v) is 3.71. The predicted octanol–water partition coefficient (Wildman–Crippen LogP) is 4.41. The zero-order valence-electron chi connectivity index (χ0n) is 12.0. The maximum absolute atomic E-state index is 10.3. The topological polar surface area (TPSA) is 49.3 Å². The molecular formula is C14H31NO2S. The molecule has 0 aliphatic rings. The number of hydrogen-bond acceptors (Lipinski definition) is 1. The van der Waals surface area contributed by atoms with Crippen LogP contribution in [0.2, 0.25) is 0 Å². The molecule has 4 heteroatoms. The van der Waals surface area contributed by atoms with E-state index in [1.165, 1.54) is 70.6 Å². The van der Waals surface area contributed by atoms with Crippen molar-refractivity contribution in [1.82, 2.24) is 4.72 Å². The molecule has 0 aliphatic carbocycles. The second-order valence-electron chi connectivity index (χ2n) is 5.03. The molecule has 0 radical (unpaired) electrons. The summed E-state index contributed by atoms with van der Waals surface area (Å²) in [5.41, 5.74) is 0. The quantitative estimate of drug-likeness (QED) is 0.365. The van der Waals surface area contributed by atoms with Crippen LogP contribution in [0.15, 0.2) is 0 Å². The fourth-order valence-corrected chi connectivity index (χ4v) is 2.44. The van der Waals surface area contributed by atoms with E-state index in [1.54, 1.807) is 0 Å². The van der Waals surface area contributed by atoms with Crippen molar-refractivity contribution in [2.75, 3.05) is 6.54 Å². The Hall–Kier alpha value is 0.0700. The average molecular weight is 277 g/mol. The Morgan fingerprint density at radius 2 is 1.17 bits per heavy atom. The molecule has 2 N–H and O–H groups in total. The van der Waals surface area contributed by atoms with Crippen molar-refractivity contribution in [3.8, 4) is 0 Å². The lowest BCUT2D eigenvalue weighted by molar-refractivity contribution is 0.532. The fraction of sp³-hybridized carbons (Fsp3) is 1.00. The van der Waals surface area contributed by atoms with Crippen LogP contribution < -0.4 is 4.72 Å². The highest BCUT2D eigenvalue weighted by molar-refractivity contribution is 7.77. The van der Waals surface area contributed by atoms with E-state index in [2.05, 4.69) is 11.6 Å². The van der Waals surface area contributed by atoms with Crippen molar-refractivity contribution in [2.24, 2.45) is 0 Å². The summed E-state index contributed by atoms with van der Waals surface area (Å²) >= 11 is -1.83. The van der Waals surface area contributed by atoms with Gasteiger partial charge in [0.1, 0.15) is 0 Å². The Kier molecular flexibility index (Phi) is 15.2. The van der Waals surface area contributed by atoms with E-state index in [1.807, 2.05) is 0 Å². The van der Waals surface area contributed by atoms with Crippen molar-refractivity contribution >= 4 is 11.3 Å². The van der Waals surface area contributed by atoms with Crippen LogP contribution in [-0.2, 0) is 11.3 Å². The number of nitrogens with one attached hydrogen (secondary N) is 1. The second kappa shape index (κ2) is 15.1. The van der Waals surface area contributed by atoms with Crippen LogP contribution in [0.1, 0.15) is 84.0 Å². The monoisotopic (exact) mass is 277 g/mol. The van der Waals surface area contributed by atoms with Crippen LogP contribution in [0.25, 0.3) is 0 Å². The van der Waals surface area contributed by atoms with Crippen molar-refractivity contribution < 1.29 is 8.76 Å². The molecule has 0 aromatic rings. The maximum atomic E-state index is 10.3. The minimum absolute atomic E-state index is 0.653. The van der Waals surface area contributed by atoms with Gasteiger partial charge in [0.15, 0.2) is 0 Å². The molecule has 0 amide bonds. The molecule has 0 saturated carbocycles. The van der Waals surface area contributed by atoms with Gasteiger partial charge in [-0.1, -0.05) is 77.6 Å². The molecular weight excluding hydrogens is 246 g/mol. The van der Waals surface area contributed by atoms with Gasteiger partial charge in [-0.3, -0.25) is 4.55 Å². The first-order valence-electron chi connectivity index (χ1n) is 7.61. The first-order chi connectivity index (χ1) is 8.77. The van der Waals surface area contributed by atoms with Gasteiger partial charge in [0.2, 0.25) is 11.3 Å². The highest BCUT2D eigenvalue weighted by atomic mass is 32.2. The Morgan fingerprint density at radius 1 is 0.778 bits per heavy atom. The van der Waals surface area contributed by atoms with Crippen molar-refractivity contribution in [3.05, 3.63) is 0 Å². The molecule has 110 valence electrons. The molecule has 18 heavy (non-hydrogen) atoms. The van der Waals surface area contributed by atoms with E-state index in [4.69, 9.17) is 4.55 Å². The summed E-state index contributed by atoms with van der Waals surface area (Å²) in [5.74, 6) is 0. The van der Waals surface area contributed by atoms with E-state index in [0.29, 0.717) is 6.54 Å². The first kappa shape index (κ1) is 18.1. The van der Waals surface area contributed by atoms with E-state index in [9.17, 15) is 4.21 Å². The van der Waals surface area contributed by atoms with Gasteiger partial charge < -0.3 is 0 Å². The summed E-state index contributed by atoms with van der Waals surface area (Å²) in [4.78, 5) is 0. The van der Waals surface area contributed by atoms with Gasteiger partial charge in [0.25, 0.3) is 0 Å². The molecule has 1 atom stereocenters. The Morgan fingerprint density at radius 3 is 1.56 bits per heavy atom. The molecule has 0 aromatic heterocycles. The van der Waals surface area contributed by atoms with Gasteiger partial charge in [-0.15, -0.1) is 0 Å². The molecule has 0 aliphatic heterocycles. The normalized spacial score (nSPS) is 12.8. The second-order valence-corrected chi connectivity index (χ2v) is 5.82. The van der Waals surface area contributed by atoms with Gasteiger partial charge in [0.05, 0.1) is 0 Å². The van der Waals surface area contributed by atoms with Crippen molar-refractivity contribution in [3.63, 3.8) is 0 Å². The lowest BCUT2D eigenvalue weighted by atomic mass is 10.1. The summed E-state index contributed by atoms with van der Waals surface area (Å²) in [5, 5.41) is 0. The SMILES string of the molecule is CCCCCCCCCCCCCCNS(=O)O. The third-order valence-electron chi connectivity index (χ3n) is 3.26. The molecule has 0 rings (SSSR count). The molecule has 0 aromatic carbocycles. The van der Waals surface area contributed by atoms with E-state index in [-0.39, 0.29) is 0 Å². The molecule has 0 spiro atoms. The summed E-state index contributed by atoms with van der Waals surface area (Å²) in [6.45, 7) is 2.91. The van der Waals surface area contributed by atoms with Crippen molar-refractivity contribution in [1.29, 1.82) is 0 Å². The Labute approximate surface area is 116 Å². The van der Waals surface area contributed by atoms with Gasteiger partial charge in [0, 0.05) is 6.54 Å². The van der Waals surface area contributed by atoms with E-state index < -0.39 is 11.3 Å². The largest absolute Gasteiger partial charge is 0.294 e. The fourth-order valence-electron chi connectivity index (χ4n) is 2.13. The highest BCUT2D eigenvalue weighted by Crippen LogP contribution is 2.11. The lowest BCUT2D eigenvalue weighted by Gasteiger charge is -2.02. The standard InChI is InChI=1S/C14H31NO2S/c1-2-3-4-5-6-7-8-9-10-11-12-13-14-15-18(16)17/h15H,2-14H2,1H3,(H,16,17). The molecule has 1 unspecified atom stereocenters. The highest BCUT2D eigenvalue weighted by Gasteiger charge is 1.94. The average Bonchev–Trinajstić information content (AvgIpc) is 2.34. The molecule has 0 fully saturated rings. The van der Waals surface area contributed by atoms with Crippen LogP contribution in [0.4, 0.5) is 0 Å². The number of rotatable bonds is 14. The molecule has 0 heterocycles. The van der Waals surface area contributed by atoms with Crippen LogP contribution in [-0.4, -0.2) is 15.3 Å². The third kappa shape index (κ3) is 16.1. The van der Waals surface area contributed by atoms with E-state index >= 15 is 0 Å².